The Labute approximate surface area is 96.6 Å². The number of ether oxygens (including phenoxy) is 2. The summed E-state index contributed by atoms with van der Waals surface area (Å²) in [7, 11) is 1.26. The molecule has 17 heavy (non-hydrogen) atoms. The van der Waals surface area contributed by atoms with Gasteiger partial charge in [0, 0.05) is 13.2 Å². The number of amides is 3. The third-order valence-corrected chi connectivity index (χ3v) is 1.89. The number of imide groups is 1. The number of nitrogens with one attached hydrogen (secondary N) is 2. The number of hydrogen-bond donors (Lipinski definition) is 3. The van der Waals surface area contributed by atoms with Crippen molar-refractivity contribution in [2.75, 3.05) is 13.7 Å². The Morgan fingerprint density at radius 2 is 2.29 bits per heavy atom. The van der Waals surface area contributed by atoms with Gasteiger partial charge in [0.1, 0.15) is 12.6 Å². The van der Waals surface area contributed by atoms with Gasteiger partial charge in [0.2, 0.25) is 0 Å². The van der Waals surface area contributed by atoms with Gasteiger partial charge in [-0.05, 0) is 6.08 Å². The zero-order valence-electron chi connectivity index (χ0n) is 9.00. The maximum atomic E-state index is 11.1. The van der Waals surface area contributed by atoms with Crippen molar-refractivity contribution in [1.82, 2.24) is 10.6 Å². The topological polar surface area (TPSA) is 114 Å². The van der Waals surface area contributed by atoms with Gasteiger partial charge >= 0.3 is 12.0 Å². The van der Waals surface area contributed by atoms with Crippen LogP contribution in [0.1, 0.15) is 0 Å². The summed E-state index contributed by atoms with van der Waals surface area (Å²) in [6.07, 6.45) is 0.843. The Bertz CT molecular complexity index is 353. The fraction of sp³-hybridized carbons (Fsp3) is 0.444. The van der Waals surface area contributed by atoms with E-state index in [0.29, 0.717) is 0 Å². The molecule has 0 aromatic carbocycles. The average molecular weight is 244 g/mol. The summed E-state index contributed by atoms with van der Waals surface area (Å²) in [6, 6.07) is -1.51. The Hall–Kier alpha value is -1.93. The monoisotopic (exact) mass is 244 g/mol. The molecule has 2 unspecified atom stereocenters. The second-order valence-corrected chi connectivity index (χ2v) is 3.13. The van der Waals surface area contributed by atoms with Crippen molar-refractivity contribution in [2.24, 2.45) is 0 Å². The second-order valence-electron chi connectivity index (χ2n) is 3.13. The Morgan fingerprint density at radius 1 is 1.59 bits per heavy atom. The molecule has 1 rings (SSSR count). The molecule has 94 valence electrons. The van der Waals surface area contributed by atoms with Gasteiger partial charge < -0.3 is 19.9 Å². The molecule has 0 aromatic rings. The lowest BCUT2D eigenvalue weighted by Crippen LogP contribution is -2.34. The number of esters is 1. The van der Waals surface area contributed by atoms with Crippen LogP contribution in [-0.4, -0.2) is 49.1 Å². The molecule has 0 bridgehead atoms. The van der Waals surface area contributed by atoms with Gasteiger partial charge in [-0.3, -0.25) is 10.1 Å². The first-order valence-corrected chi connectivity index (χ1v) is 4.70. The van der Waals surface area contributed by atoms with Crippen molar-refractivity contribution in [2.45, 2.75) is 12.3 Å². The van der Waals surface area contributed by atoms with Gasteiger partial charge in [0.25, 0.3) is 5.91 Å². The van der Waals surface area contributed by atoms with Crippen molar-refractivity contribution in [3.63, 3.8) is 0 Å². The zero-order chi connectivity index (χ0) is 12.8. The van der Waals surface area contributed by atoms with Crippen LogP contribution in [0.2, 0.25) is 0 Å². The number of hydrogen-bond acceptors (Lipinski definition) is 6. The van der Waals surface area contributed by atoms with Crippen LogP contribution in [0.15, 0.2) is 12.2 Å². The summed E-state index contributed by atoms with van der Waals surface area (Å²) < 4.78 is 9.12. The second kappa shape index (κ2) is 5.97. The number of methoxy groups -OCH3 is 1. The maximum absolute atomic E-state index is 11.1. The third-order valence-electron chi connectivity index (χ3n) is 1.89. The van der Waals surface area contributed by atoms with Crippen LogP contribution in [0.5, 0.6) is 0 Å². The van der Waals surface area contributed by atoms with Gasteiger partial charge in [-0.1, -0.05) is 0 Å². The van der Waals surface area contributed by atoms with E-state index in [4.69, 9.17) is 5.11 Å². The first-order chi connectivity index (χ1) is 8.02. The smallest absolute Gasteiger partial charge is 0.330 e. The molecule has 0 aromatic heterocycles. The highest BCUT2D eigenvalue weighted by atomic mass is 16.6. The van der Waals surface area contributed by atoms with Crippen molar-refractivity contribution in [3.8, 4) is 0 Å². The summed E-state index contributed by atoms with van der Waals surface area (Å²) in [4.78, 5) is 32.8. The summed E-state index contributed by atoms with van der Waals surface area (Å²) in [5.74, 6) is -1.31. The fourth-order valence-electron chi connectivity index (χ4n) is 1.03. The molecule has 0 radical (unpaired) electrons. The lowest BCUT2D eigenvalue weighted by Gasteiger charge is -2.06. The summed E-state index contributed by atoms with van der Waals surface area (Å²) in [5.41, 5.74) is 0. The third kappa shape index (κ3) is 4.21. The molecule has 1 aliphatic rings. The van der Waals surface area contributed by atoms with E-state index in [-0.39, 0.29) is 6.61 Å². The van der Waals surface area contributed by atoms with Gasteiger partial charge in [-0.25, -0.2) is 9.59 Å². The minimum atomic E-state index is -1.20. The van der Waals surface area contributed by atoms with Crippen LogP contribution < -0.4 is 10.6 Å². The van der Waals surface area contributed by atoms with E-state index in [1.54, 1.807) is 0 Å². The van der Waals surface area contributed by atoms with E-state index in [1.807, 2.05) is 5.32 Å². The molecular weight excluding hydrogens is 232 g/mol. The fourth-order valence-corrected chi connectivity index (χ4v) is 1.03. The van der Waals surface area contributed by atoms with Crippen molar-refractivity contribution >= 4 is 17.9 Å². The van der Waals surface area contributed by atoms with Crippen LogP contribution >= 0.6 is 0 Å². The molecule has 3 N–H and O–H groups in total. The maximum Gasteiger partial charge on any atom is 0.330 e. The quantitative estimate of drug-likeness (QED) is 0.229. The molecule has 1 saturated heterocycles. The minimum Gasteiger partial charge on any atom is -0.460 e. The molecule has 8 nitrogen and oxygen atoms in total. The molecule has 2 atom stereocenters. The highest BCUT2D eigenvalue weighted by molar-refractivity contribution is 6.04. The summed E-state index contributed by atoms with van der Waals surface area (Å²) >= 11 is 0. The number of urea groups is 1. The highest BCUT2D eigenvalue weighted by Crippen LogP contribution is 1.95. The van der Waals surface area contributed by atoms with Crippen LogP contribution in [-0.2, 0) is 19.1 Å². The van der Waals surface area contributed by atoms with E-state index in [9.17, 15) is 14.4 Å². The predicted octanol–water partition coefficient (Wildman–Crippen LogP) is -1.74. The molecule has 1 heterocycles. The van der Waals surface area contributed by atoms with E-state index in [1.165, 1.54) is 7.11 Å². The first kappa shape index (κ1) is 13.1. The predicted molar refractivity (Wildman–Crippen MR) is 53.6 cm³/mol. The number of carbonyl (C=O) groups excluding carboxylic acids is 3. The van der Waals surface area contributed by atoms with E-state index >= 15 is 0 Å². The van der Waals surface area contributed by atoms with Crippen LogP contribution in [0.4, 0.5) is 4.79 Å². The minimum absolute atomic E-state index is 0.274. The van der Waals surface area contributed by atoms with E-state index in [0.717, 1.165) is 12.2 Å². The number of aliphatic hydroxyl groups is 1. The molecule has 8 heteroatoms. The lowest BCUT2D eigenvalue weighted by molar-refractivity contribution is -0.139. The average Bonchev–Trinajstić information content (AvgIpc) is 2.62. The van der Waals surface area contributed by atoms with Crippen LogP contribution in [0.25, 0.3) is 0 Å². The van der Waals surface area contributed by atoms with Crippen molar-refractivity contribution in [1.29, 1.82) is 0 Å². The molecule has 0 saturated carbocycles. The Balaban J connectivity index is 2.31. The zero-order valence-corrected chi connectivity index (χ0v) is 9.00. The van der Waals surface area contributed by atoms with Crippen LogP contribution in [0.3, 0.4) is 0 Å². The van der Waals surface area contributed by atoms with E-state index in [2.05, 4.69) is 14.8 Å². The number of carbonyl (C=O) groups is 3. The Kier molecular flexibility index (Phi) is 4.61. The van der Waals surface area contributed by atoms with Gasteiger partial charge in [0.15, 0.2) is 6.29 Å². The largest absolute Gasteiger partial charge is 0.460 e. The first-order valence-electron chi connectivity index (χ1n) is 4.70. The van der Waals surface area contributed by atoms with Gasteiger partial charge in [-0.15, -0.1) is 0 Å². The summed E-state index contributed by atoms with van der Waals surface area (Å²) in [5, 5.41) is 13.2. The Morgan fingerprint density at radius 3 is 2.82 bits per heavy atom. The lowest BCUT2D eigenvalue weighted by atomic mass is 10.3. The number of rotatable bonds is 5. The van der Waals surface area contributed by atoms with Crippen LogP contribution in [0, 0.1) is 0 Å². The molecule has 3 amide bonds. The number of aliphatic hydroxyl groups excluding tert-OH is 1. The van der Waals surface area contributed by atoms with E-state index < -0.39 is 30.2 Å². The highest BCUT2D eigenvalue weighted by Gasteiger charge is 2.30. The molecule has 1 fully saturated rings. The van der Waals surface area contributed by atoms with Crippen molar-refractivity contribution in [3.05, 3.63) is 12.2 Å². The molecule has 0 spiro atoms. The van der Waals surface area contributed by atoms with Gasteiger partial charge in [-0.2, -0.15) is 0 Å². The normalized spacial score (nSPS) is 21.2. The standard InChI is InChI=1S/C9H12N2O6/c1-16-6(12)2-3-7(13)17-4-5-8(14)11-9(15)10-5/h2-3,5-6,12H,4H2,1H3,(H2,10,11,14,15)/b3-2+. The molecule has 1 aliphatic heterocycles. The molecular formula is C9H12N2O6. The SMILES string of the molecule is COC(O)/C=C/C(=O)OCC1NC(=O)NC1=O. The van der Waals surface area contributed by atoms with Gasteiger partial charge in [0.05, 0.1) is 0 Å². The molecule has 0 aliphatic carbocycles. The summed E-state index contributed by atoms with van der Waals surface area (Å²) in [6.45, 7) is -0.274. The van der Waals surface area contributed by atoms with Crippen molar-refractivity contribution < 1.29 is 29.0 Å².